The van der Waals surface area contributed by atoms with E-state index in [1.807, 2.05) is 0 Å². The molecule has 0 radical (unpaired) electrons. The van der Waals surface area contributed by atoms with Crippen molar-refractivity contribution in [3.63, 3.8) is 0 Å². The fraction of sp³-hybridized carbons (Fsp3) is 1.00. The average Bonchev–Trinajstić information content (AvgIpc) is 2.87. The second-order valence-electron chi connectivity index (χ2n) is 7.28. The van der Waals surface area contributed by atoms with E-state index in [0.29, 0.717) is 11.3 Å². The van der Waals surface area contributed by atoms with E-state index in [1.54, 1.807) is 4.31 Å². The Morgan fingerprint density at radius 2 is 1.85 bits per heavy atom. The summed E-state index contributed by atoms with van der Waals surface area (Å²) in [5, 5.41) is 3.48. The molecule has 1 atom stereocenters. The molecule has 0 aromatic carbocycles. The highest BCUT2D eigenvalue weighted by Gasteiger charge is 2.46. The molecule has 1 saturated carbocycles. The van der Waals surface area contributed by atoms with Crippen molar-refractivity contribution in [3.05, 3.63) is 0 Å². The first kappa shape index (κ1) is 14.8. The standard InChI is InChI=1S/C15H28N2O2S/c1-20(18,19)17-8-4-5-13(10-17)9-15(11-16-12-15)14-6-2-3-7-14/h13-14,16H,2-12H2,1H3. The van der Waals surface area contributed by atoms with E-state index in [0.717, 1.165) is 38.5 Å². The normalized spacial score (nSPS) is 32.1. The summed E-state index contributed by atoms with van der Waals surface area (Å²) >= 11 is 0. The highest BCUT2D eigenvalue weighted by molar-refractivity contribution is 7.88. The van der Waals surface area contributed by atoms with Gasteiger partial charge in [0, 0.05) is 26.2 Å². The van der Waals surface area contributed by atoms with Gasteiger partial charge in [-0.1, -0.05) is 12.8 Å². The lowest BCUT2D eigenvalue weighted by atomic mass is 9.64. The zero-order chi connectivity index (χ0) is 14.2. The zero-order valence-corrected chi connectivity index (χ0v) is 13.4. The van der Waals surface area contributed by atoms with Gasteiger partial charge in [0.25, 0.3) is 0 Å². The van der Waals surface area contributed by atoms with Gasteiger partial charge in [0.05, 0.1) is 6.26 Å². The Balaban J connectivity index is 1.64. The summed E-state index contributed by atoms with van der Waals surface area (Å²) < 4.78 is 25.2. The summed E-state index contributed by atoms with van der Waals surface area (Å²) in [6, 6.07) is 0. The van der Waals surface area contributed by atoms with E-state index in [4.69, 9.17) is 0 Å². The molecule has 1 N–H and O–H groups in total. The topological polar surface area (TPSA) is 49.4 Å². The highest BCUT2D eigenvalue weighted by Crippen LogP contribution is 2.47. The maximum Gasteiger partial charge on any atom is 0.211 e. The summed E-state index contributed by atoms with van der Waals surface area (Å²) in [6.45, 7) is 3.80. The summed E-state index contributed by atoms with van der Waals surface area (Å²) in [7, 11) is -3.00. The van der Waals surface area contributed by atoms with Crippen molar-refractivity contribution in [3.8, 4) is 0 Å². The largest absolute Gasteiger partial charge is 0.316 e. The number of nitrogens with one attached hydrogen (secondary N) is 1. The average molecular weight is 300 g/mol. The van der Waals surface area contributed by atoms with Gasteiger partial charge in [0.1, 0.15) is 0 Å². The number of rotatable bonds is 4. The minimum Gasteiger partial charge on any atom is -0.316 e. The molecule has 4 nitrogen and oxygen atoms in total. The summed E-state index contributed by atoms with van der Waals surface area (Å²) in [5.41, 5.74) is 0.488. The van der Waals surface area contributed by atoms with E-state index in [9.17, 15) is 8.42 Å². The highest BCUT2D eigenvalue weighted by atomic mass is 32.2. The van der Waals surface area contributed by atoms with Crippen LogP contribution in [0, 0.1) is 17.3 Å². The Morgan fingerprint density at radius 3 is 2.40 bits per heavy atom. The lowest BCUT2D eigenvalue weighted by Gasteiger charge is -2.50. The van der Waals surface area contributed by atoms with Crippen molar-refractivity contribution in [1.29, 1.82) is 0 Å². The first-order valence-electron chi connectivity index (χ1n) is 8.15. The first-order valence-corrected chi connectivity index (χ1v) is 10.0. The zero-order valence-electron chi connectivity index (χ0n) is 12.6. The molecule has 2 aliphatic heterocycles. The second kappa shape index (κ2) is 5.58. The maximum absolute atomic E-state index is 11.8. The molecule has 2 saturated heterocycles. The minimum atomic E-state index is -3.00. The van der Waals surface area contributed by atoms with Gasteiger partial charge in [-0.05, 0) is 49.4 Å². The van der Waals surface area contributed by atoms with Gasteiger partial charge in [-0.25, -0.2) is 12.7 Å². The van der Waals surface area contributed by atoms with Gasteiger partial charge in [-0.3, -0.25) is 0 Å². The number of piperidine rings is 1. The number of hydrogen-bond donors (Lipinski definition) is 1. The van der Waals surface area contributed by atoms with Crippen molar-refractivity contribution in [2.45, 2.75) is 44.9 Å². The van der Waals surface area contributed by atoms with Crippen LogP contribution < -0.4 is 5.32 Å². The molecule has 2 heterocycles. The Labute approximate surface area is 123 Å². The molecule has 1 unspecified atom stereocenters. The smallest absolute Gasteiger partial charge is 0.211 e. The Morgan fingerprint density at radius 1 is 1.15 bits per heavy atom. The Hall–Kier alpha value is -0.130. The third kappa shape index (κ3) is 2.90. The molecule has 1 aliphatic carbocycles. The fourth-order valence-electron chi connectivity index (χ4n) is 4.65. The van der Waals surface area contributed by atoms with Crippen molar-refractivity contribution >= 4 is 10.0 Å². The first-order chi connectivity index (χ1) is 9.50. The van der Waals surface area contributed by atoms with Crippen molar-refractivity contribution in [1.82, 2.24) is 9.62 Å². The van der Waals surface area contributed by atoms with Gasteiger partial charge in [-0.15, -0.1) is 0 Å². The summed E-state index contributed by atoms with van der Waals surface area (Å²) in [4.78, 5) is 0. The predicted molar refractivity (Wildman–Crippen MR) is 81.0 cm³/mol. The number of sulfonamides is 1. The predicted octanol–water partition coefficient (Wildman–Crippen LogP) is 1.83. The summed E-state index contributed by atoms with van der Waals surface area (Å²) in [6.07, 6.45) is 10.4. The van der Waals surface area contributed by atoms with Crippen LogP contribution in [0.2, 0.25) is 0 Å². The van der Waals surface area contributed by atoms with E-state index in [-0.39, 0.29) is 0 Å². The van der Waals surface area contributed by atoms with Gasteiger partial charge < -0.3 is 5.32 Å². The van der Waals surface area contributed by atoms with Crippen LogP contribution in [0.15, 0.2) is 0 Å². The third-order valence-electron chi connectivity index (χ3n) is 5.82. The lowest BCUT2D eigenvalue weighted by molar-refractivity contribution is 0.0382. The quantitative estimate of drug-likeness (QED) is 0.862. The molecule has 0 aromatic heterocycles. The Bertz CT molecular complexity index is 439. The van der Waals surface area contributed by atoms with Crippen molar-refractivity contribution < 1.29 is 8.42 Å². The van der Waals surface area contributed by atoms with Crippen LogP contribution in [0.5, 0.6) is 0 Å². The molecule has 116 valence electrons. The van der Waals surface area contributed by atoms with Gasteiger partial charge in [-0.2, -0.15) is 0 Å². The van der Waals surface area contributed by atoms with Crippen LogP contribution in [-0.4, -0.2) is 45.2 Å². The maximum atomic E-state index is 11.8. The Kier molecular flexibility index (Phi) is 4.13. The molecular weight excluding hydrogens is 272 g/mol. The number of hydrogen-bond acceptors (Lipinski definition) is 3. The van der Waals surface area contributed by atoms with E-state index >= 15 is 0 Å². The van der Waals surface area contributed by atoms with Gasteiger partial charge >= 0.3 is 0 Å². The van der Waals surface area contributed by atoms with Crippen LogP contribution in [0.25, 0.3) is 0 Å². The van der Waals surface area contributed by atoms with Crippen LogP contribution in [-0.2, 0) is 10.0 Å². The van der Waals surface area contributed by atoms with E-state index < -0.39 is 10.0 Å². The van der Waals surface area contributed by atoms with Crippen molar-refractivity contribution in [2.75, 3.05) is 32.4 Å². The molecule has 5 heteroatoms. The third-order valence-corrected chi connectivity index (χ3v) is 7.09. The molecule has 0 bridgehead atoms. The van der Waals surface area contributed by atoms with Crippen LogP contribution in [0.3, 0.4) is 0 Å². The van der Waals surface area contributed by atoms with Crippen LogP contribution >= 0.6 is 0 Å². The lowest BCUT2D eigenvalue weighted by Crippen LogP contribution is -2.58. The molecule has 20 heavy (non-hydrogen) atoms. The second-order valence-corrected chi connectivity index (χ2v) is 9.26. The molecule has 3 fully saturated rings. The molecule has 0 spiro atoms. The SMILES string of the molecule is CS(=O)(=O)N1CCCC(CC2(C3CCCC3)CNC2)C1. The minimum absolute atomic E-state index is 0.488. The summed E-state index contributed by atoms with van der Waals surface area (Å²) in [5.74, 6) is 1.46. The molecule has 0 aromatic rings. The molecule has 0 amide bonds. The van der Waals surface area contributed by atoms with E-state index in [1.165, 1.54) is 44.8 Å². The monoisotopic (exact) mass is 300 g/mol. The van der Waals surface area contributed by atoms with Crippen LogP contribution in [0.1, 0.15) is 44.9 Å². The molecule has 3 rings (SSSR count). The van der Waals surface area contributed by atoms with E-state index in [2.05, 4.69) is 5.32 Å². The van der Waals surface area contributed by atoms with Gasteiger partial charge in [0.15, 0.2) is 0 Å². The van der Waals surface area contributed by atoms with Gasteiger partial charge in [0.2, 0.25) is 10.0 Å². The molecule has 3 aliphatic rings. The molecular formula is C15H28N2O2S. The van der Waals surface area contributed by atoms with Crippen LogP contribution in [0.4, 0.5) is 0 Å². The fourth-order valence-corrected chi connectivity index (χ4v) is 5.60. The van der Waals surface area contributed by atoms with Crippen molar-refractivity contribution in [2.24, 2.45) is 17.3 Å². The number of nitrogens with zero attached hydrogens (tertiary/aromatic N) is 1.